The highest BCUT2D eigenvalue weighted by Crippen LogP contribution is 2.22. The van der Waals surface area contributed by atoms with Crippen molar-refractivity contribution in [2.45, 2.75) is 115 Å². The molecule has 0 radical (unpaired) electrons. The highest BCUT2D eigenvalue weighted by atomic mass is 16.7. The van der Waals surface area contributed by atoms with Gasteiger partial charge in [0.05, 0.1) is 0 Å². The van der Waals surface area contributed by atoms with Crippen molar-refractivity contribution in [3.8, 4) is 0 Å². The maximum atomic E-state index is 9.25. The molecule has 0 bridgehead atoms. The van der Waals surface area contributed by atoms with Crippen LogP contribution in [0.2, 0.25) is 0 Å². The molecule has 0 saturated heterocycles. The first-order valence-electron chi connectivity index (χ1n) is 9.43. The van der Waals surface area contributed by atoms with Gasteiger partial charge in [-0.3, -0.25) is 0 Å². The second-order valence-electron chi connectivity index (χ2n) is 6.80. The van der Waals surface area contributed by atoms with E-state index in [2.05, 4.69) is 6.92 Å². The Morgan fingerprint density at radius 3 is 1.09 bits per heavy atom. The fraction of sp³-hybridized carbons (Fsp3) is 1.00. The highest BCUT2D eigenvalue weighted by molar-refractivity contribution is 4.72. The zero-order valence-electron chi connectivity index (χ0n) is 14.8. The summed E-state index contributed by atoms with van der Waals surface area (Å²) in [4.78, 5) is 0. The fourth-order valence-electron chi connectivity index (χ4n) is 2.73. The number of hydrogen-bond donors (Lipinski definition) is 5. The molecule has 0 fully saturated rings. The van der Waals surface area contributed by atoms with Gasteiger partial charge in [0.15, 0.2) is 0 Å². The minimum Gasteiger partial charge on any atom is -0.359 e. The molecule has 5 N–H and O–H groups in total. The third-order valence-corrected chi connectivity index (χ3v) is 4.42. The Labute approximate surface area is 141 Å². The van der Waals surface area contributed by atoms with Crippen molar-refractivity contribution in [3.63, 3.8) is 0 Å². The summed E-state index contributed by atoms with van der Waals surface area (Å²) < 4.78 is 0. The summed E-state index contributed by atoms with van der Waals surface area (Å²) in [5.41, 5.74) is 0. The van der Waals surface area contributed by atoms with Crippen LogP contribution in [0.3, 0.4) is 0 Å². The molecule has 5 heteroatoms. The van der Waals surface area contributed by atoms with Gasteiger partial charge < -0.3 is 25.5 Å². The lowest BCUT2D eigenvalue weighted by Crippen LogP contribution is -2.54. The van der Waals surface area contributed by atoms with E-state index in [0.29, 0.717) is 6.42 Å². The molecule has 23 heavy (non-hydrogen) atoms. The minimum absolute atomic E-state index is 0.255. The molecule has 0 aromatic rings. The summed E-state index contributed by atoms with van der Waals surface area (Å²) in [7, 11) is 0. The zero-order valence-corrected chi connectivity index (χ0v) is 14.8. The summed E-state index contributed by atoms with van der Waals surface area (Å²) >= 11 is 0. The molecule has 0 rings (SSSR count). The molecular formula is C18H38O5. The lowest BCUT2D eigenvalue weighted by Gasteiger charge is -2.29. The Morgan fingerprint density at radius 2 is 0.783 bits per heavy atom. The molecule has 0 unspecified atom stereocenters. The van der Waals surface area contributed by atoms with Crippen molar-refractivity contribution in [3.05, 3.63) is 0 Å². The lowest BCUT2D eigenvalue weighted by atomic mass is 10.0. The quantitative estimate of drug-likeness (QED) is 0.220. The van der Waals surface area contributed by atoms with Gasteiger partial charge in [0.2, 0.25) is 5.79 Å². The molecule has 0 aliphatic carbocycles. The topological polar surface area (TPSA) is 101 Å². The third-order valence-electron chi connectivity index (χ3n) is 4.42. The van der Waals surface area contributed by atoms with E-state index in [1.54, 1.807) is 0 Å². The second kappa shape index (κ2) is 13.1. The van der Waals surface area contributed by atoms with E-state index in [-0.39, 0.29) is 6.42 Å². The molecule has 0 spiro atoms. The van der Waals surface area contributed by atoms with Crippen LogP contribution in [-0.4, -0.2) is 37.3 Å². The first-order valence-corrected chi connectivity index (χ1v) is 9.43. The molecule has 0 aromatic heterocycles. The van der Waals surface area contributed by atoms with Gasteiger partial charge in [-0.1, -0.05) is 90.4 Å². The molecule has 0 saturated carbocycles. The average molecular weight is 334 g/mol. The van der Waals surface area contributed by atoms with Crippen LogP contribution >= 0.6 is 0 Å². The van der Waals surface area contributed by atoms with Crippen molar-refractivity contribution in [1.82, 2.24) is 0 Å². The van der Waals surface area contributed by atoms with E-state index >= 15 is 0 Å². The van der Waals surface area contributed by atoms with Crippen molar-refractivity contribution in [2.75, 3.05) is 0 Å². The number of rotatable bonds is 16. The Hall–Kier alpha value is -0.200. The van der Waals surface area contributed by atoms with Gasteiger partial charge >= 0.3 is 5.97 Å². The molecule has 140 valence electrons. The third kappa shape index (κ3) is 12.8. The molecule has 0 amide bonds. The fourth-order valence-corrected chi connectivity index (χ4v) is 2.73. The van der Waals surface area contributed by atoms with Crippen LogP contribution in [0.25, 0.3) is 0 Å². The Bertz CT molecular complexity index is 261. The zero-order chi connectivity index (χ0) is 17.6. The summed E-state index contributed by atoms with van der Waals surface area (Å²) in [5.74, 6) is -6.31. The summed E-state index contributed by atoms with van der Waals surface area (Å²) in [6.45, 7) is 2.24. The van der Waals surface area contributed by atoms with Gasteiger partial charge in [-0.05, 0) is 6.42 Å². The second-order valence-corrected chi connectivity index (χ2v) is 6.80. The number of aliphatic hydroxyl groups is 5. The molecule has 5 nitrogen and oxygen atoms in total. The van der Waals surface area contributed by atoms with Crippen molar-refractivity contribution >= 4 is 0 Å². The van der Waals surface area contributed by atoms with Crippen LogP contribution < -0.4 is 0 Å². The minimum atomic E-state index is -3.45. The molecule has 0 aliphatic heterocycles. The van der Waals surface area contributed by atoms with Crippen LogP contribution in [0, 0.1) is 0 Å². The smallest absolute Gasteiger partial charge is 0.332 e. The SMILES string of the molecule is CCCCCCCCCCCCCCCCC(O)(O)C(O)(O)O. The summed E-state index contributed by atoms with van der Waals surface area (Å²) in [6, 6.07) is 0. The molecule has 0 aliphatic rings. The van der Waals surface area contributed by atoms with Crippen LogP contribution in [-0.2, 0) is 0 Å². The normalized spacial score (nSPS) is 12.8. The molecule has 0 atom stereocenters. The summed E-state index contributed by atoms with van der Waals surface area (Å²) in [6.07, 6.45) is 16.3. The Balaban J connectivity index is 3.25. The summed E-state index contributed by atoms with van der Waals surface area (Å²) in [5, 5.41) is 44.8. The van der Waals surface area contributed by atoms with Gasteiger partial charge in [-0.15, -0.1) is 0 Å². The van der Waals surface area contributed by atoms with Crippen LogP contribution in [0.4, 0.5) is 0 Å². The van der Waals surface area contributed by atoms with Crippen LogP contribution in [0.15, 0.2) is 0 Å². The van der Waals surface area contributed by atoms with E-state index in [9.17, 15) is 10.2 Å². The number of unbranched alkanes of at least 4 members (excludes halogenated alkanes) is 13. The first-order chi connectivity index (χ1) is 10.8. The van der Waals surface area contributed by atoms with Gasteiger partial charge in [-0.25, -0.2) is 0 Å². The van der Waals surface area contributed by atoms with Gasteiger partial charge in [0, 0.05) is 6.42 Å². The van der Waals surface area contributed by atoms with Gasteiger partial charge in [0.1, 0.15) is 0 Å². The van der Waals surface area contributed by atoms with Gasteiger partial charge in [-0.2, -0.15) is 0 Å². The van der Waals surface area contributed by atoms with Crippen LogP contribution in [0.5, 0.6) is 0 Å². The maximum Gasteiger partial charge on any atom is 0.332 e. The lowest BCUT2D eigenvalue weighted by molar-refractivity contribution is -0.447. The van der Waals surface area contributed by atoms with E-state index in [4.69, 9.17) is 15.3 Å². The predicted octanol–water partition coefficient (Wildman–Crippen LogP) is 3.17. The predicted molar refractivity (Wildman–Crippen MR) is 91.5 cm³/mol. The largest absolute Gasteiger partial charge is 0.359 e. The van der Waals surface area contributed by atoms with Crippen molar-refractivity contribution in [1.29, 1.82) is 0 Å². The van der Waals surface area contributed by atoms with E-state index in [0.717, 1.165) is 19.3 Å². The standard InChI is InChI=1S/C18H38O5/c1-2-3-4-5-6-7-8-9-10-11-12-13-14-15-16-17(19,20)18(21,22)23/h19-23H,2-16H2,1H3. The Morgan fingerprint density at radius 1 is 0.478 bits per heavy atom. The van der Waals surface area contributed by atoms with E-state index < -0.39 is 11.8 Å². The maximum absolute atomic E-state index is 9.25. The van der Waals surface area contributed by atoms with Crippen molar-refractivity contribution in [2.24, 2.45) is 0 Å². The molecular weight excluding hydrogens is 296 g/mol. The average Bonchev–Trinajstić information content (AvgIpc) is 2.46. The van der Waals surface area contributed by atoms with E-state index in [1.165, 1.54) is 64.2 Å². The number of hydrogen-bond acceptors (Lipinski definition) is 5. The monoisotopic (exact) mass is 334 g/mol. The Kier molecular flexibility index (Phi) is 13.0. The van der Waals surface area contributed by atoms with Gasteiger partial charge in [0.25, 0.3) is 0 Å². The van der Waals surface area contributed by atoms with E-state index in [1.807, 2.05) is 0 Å². The highest BCUT2D eigenvalue weighted by Gasteiger charge is 2.45. The molecule has 0 heterocycles. The molecule has 0 aromatic carbocycles. The van der Waals surface area contributed by atoms with Crippen molar-refractivity contribution < 1.29 is 25.5 Å². The van der Waals surface area contributed by atoms with Crippen LogP contribution in [0.1, 0.15) is 103 Å². The first kappa shape index (κ1) is 22.8.